The van der Waals surface area contributed by atoms with Crippen molar-refractivity contribution < 1.29 is 9.13 Å². The van der Waals surface area contributed by atoms with E-state index in [-0.39, 0.29) is 0 Å². The number of alkyl halides is 1. The third kappa shape index (κ3) is 3.21. The van der Waals surface area contributed by atoms with E-state index in [0.29, 0.717) is 5.75 Å². The molecule has 0 spiro atoms. The van der Waals surface area contributed by atoms with Gasteiger partial charge in [-0.1, -0.05) is 43.7 Å². The van der Waals surface area contributed by atoms with Crippen LogP contribution in [0.1, 0.15) is 25.3 Å². The fourth-order valence-electron chi connectivity index (χ4n) is 1.19. The van der Waals surface area contributed by atoms with Crippen LogP contribution in [0.25, 0.3) is 6.08 Å². The van der Waals surface area contributed by atoms with Crippen molar-refractivity contribution in [3.05, 3.63) is 35.9 Å². The fraction of sp³-hybridized carbons (Fsp3) is 0.333. The quantitative estimate of drug-likeness (QED) is 0.692. The number of benzene rings is 1. The molecule has 1 rings (SSSR count). The summed E-state index contributed by atoms with van der Waals surface area (Å²) < 4.78 is 16.9. The summed E-state index contributed by atoms with van der Waals surface area (Å²) in [6, 6.07) is 7.43. The van der Waals surface area contributed by atoms with Gasteiger partial charge in [0.25, 0.3) is 0 Å². The Morgan fingerprint density at radius 1 is 1.36 bits per heavy atom. The van der Waals surface area contributed by atoms with Gasteiger partial charge in [-0.15, -0.1) is 0 Å². The van der Waals surface area contributed by atoms with Gasteiger partial charge >= 0.3 is 0 Å². The second kappa shape index (κ2) is 6.19. The van der Waals surface area contributed by atoms with Crippen molar-refractivity contribution in [3.8, 4) is 5.75 Å². The zero-order chi connectivity index (χ0) is 10.2. The minimum absolute atomic E-state index is 0.599. The summed E-state index contributed by atoms with van der Waals surface area (Å²) in [4.78, 5) is 0. The van der Waals surface area contributed by atoms with Crippen molar-refractivity contribution in [2.75, 3.05) is 6.86 Å². The number of hydrogen-bond acceptors (Lipinski definition) is 1. The lowest BCUT2D eigenvalue weighted by Crippen LogP contribution is -1.91. The average molecular weight is 194 g/mol. The minimum Gasteiger partial charge on any atom is -0.462 e. The van der Waals surface area contributed by atoms with E-state index in [2.05, 4.69) is 13.0 Å². The van der Waals surface area contributed by atoms with Gasteiger partial charge in [0.05, 0.1) is 0 Å². The second-order valence-corrected chi connectivity index (χ2v) is 2.98. The Balaban J connectivity index is 2.73. The summed E-state index contributed by atoms with van der Waals surface area (Å²) in [5, 5.41) is 0. The number of hydrogen-bond donors (Lipinski definition) is 0. The highest BCUT2D eigenvalue weighted by Gasteiger charge is 1.97. The molecule has 0 radical (unpaired) electrons. The van der Waals surface area contributed by atoms with E-state index in [4.69, 9.17) is 4.74 Å². The summed E-state index contributed by atoms with van der Waals surface area (Å²) in [7, 11) is 0. The predicted octanol–water partition coefficient (Wildman–Crippen LogP) is 3.81. The number of unbranched alkanes of at least 4 members (excludes halogenated alkanes) is 1. The van der Waals surface area contributed by atoms with Crippen LogP contribution in [0.3, 0.4) is 0 Å². The Hall–Kier alpha value is -1.31. The molecule has 0 aromatic heterocycles. The first kappa shape index (κ1) is 10.8. The zero-order valence-electron chi connectivity index (χ0n) is 8.37. The lowest BCUT2D eigenvalue weighted by Gasteiger charge is -2.04. The van der Waals surface area contributed by atoms with E-state index in [1.54, 1.807) is 6.07 Å². The SMILES string of the molecule is CCC/C=C/c1ccccc1OCF. The molecule has 0 aliphatic heterocycles. The summed E-state index contributed by atoms with van der Waals surface area (Å²) in [6.07, 6.45) is 6.18. The summed E-state index contributed by atoms with van der Waals surface area (Å²) in [5.74, 6) is 0.599. The molecular formula is C12H15FO. The molecule has 0 bridgehead atoms. The Kier molecular flexibility index (Phi) is 4.76. The highest BCUT2D eigenvalue weighted by Crippen LogP contribution is 2.19. The van der Waals surface area contributed by atoms with Gasteiger partial charge in [-0.05, 0) is 12.5 Å². The molecule has 0 N–H and O–H groups in total. The van der Waals surface area contributed by atoms with Gasteiger partial charge in [-0.3, -0.25) is 0 Å². The molecule has 0 aliphatic carbocycles. The molecule has 1 aromatic rings. The molecule has 0 saturated carbocycles. The van der Waals surface area contributed by atoms with Gasteiger partial charge in [0.15, 0.2) is 0 Å². The normalized spacial score (nSPS) is 10.7. The molecule has 0 heterocycles. The lowest BCUT2D eigenvalue weighted by molar-refractivity contribution is 0.191. The Morgan fingerprint density at radius 2 is 2.14 bits per heavy atom. The largest absolute Gasteiger partial charge is 0.462 e. The number of rotatable bonds is 5. The molecule has 0 saturated heterocycles. The minimum atomic E-state index is -0.779. The van der Waals surface area contributed by atoms with Crippen LogP contribution in [0.2, 0.25) is 0 Å². The Labute approximate surface area is 84.2 Å². The molecule has 1 nitrogen and oxygen atoms in total. The van der Waals surface area contributed by atoms with Crippen LogP contribution in [0, 0.1) is 0 Å². The van der Waals surface area contributed by atoms with Crippen LogP contribution in [0.15, 0.2) is 30.3 Å². The molecule has 0 amide bonds. The fourth-order valence-corrected chi connectivity index (χ4v) is 1.19. The van der Waals surface area contributed by atoms with E-state index in [0.717, 1.165) is 18.4 Å². The van der Waals surface area contributed by atoms with Gasteiger partial charge in [-0.25, -0.2) is 4.39 Å². The molecule has 0 fully saturated rings. The topological polar surface area (TPSA) is 9.23 Å². The van der Waals surface area contributed by atoms with E-state index in [1.165, 1.54) is 0 Å². The van der Waals surface area contributed by atoms with Crippen LogP contribution < -0.4 is 4.74 Å². The van der Waals surface area contributed by atoms with E-state index in [9.17, 15) is 4.39 Å². The number of para-hydroxylation sites is 1. The van der Waals surface area contributed by atoms with Crippen molar-refractivity contribution in [1.82, 2.24) is 0 Å². The average Bonchev–Trinajstić information content (AvgIpc) is 2.21. The standard InChI is InChI=1S/C12H15FO/c1-2-3-4-7-11-8-5-6-9-12(11)14-10-13/h4-9H,2-3,10H2,1H3/b7-4+. The lowest BCUT2D eigenvalue weighted by atomic mass is 10.1. The van der Waals surface area contributed by atoms with E-state index < -0.39 is 6.86 Å². The number of allylic oxidation sites excluding steroid dienone is 1. The monoisotopic (exact) mass is 194 g/mol. The maximum Gasteiger partial charge on any atom is 0.228 e. The first-order valence-electron chi connectivity index (χ1n) is 4.82. The summed E-state index contributed by atoms with van der Waals surface area (Å²) in [5.41, 5.74) is 0.929. The van der Waals surface area contributed by atoms with Crippen LogP contribution in [0.4, 0.5) is 4.39 Å². The van der Waals surface area contributed by atoms with Crippen molar-refractivity contribution in [2.45, 2.75) is 19.8 Å². The first-order chi connectivity index (χ1) is 6.88. The molecule has 0 aliphatic rings. The highest BCUT2D eigenvalue weighted by atomic mass is 19.1. The molecule has 0 atom stereocenters. The zero-order valence-corrected chi connectivity index (χ0v) is 8.37. The van der Waals surface area contributed by atoms with Crippen molar-refractivity contribution in [3.63, 3.8) is 0 Å². The van der Waals surface area contributed by atoms with Crippen LogP contribution in [0.5, 0.6) is 5.75 Å². The summed E-state index contributed by atoms with van der Waals surface area (Å²) >= 11 is 0. The van der Waals surface area contributed by atoms with Crippen LogP contribution in [-0.4, -0.2) is 6.86 Å². The van der Waals surface area contributed by atoms with Crippen molar-refractivity contribution >= 4 is 6.08 Å². The Morgan fingerprint density at radius 3 is 2.86 bits per heavy atom. The molecule has 0 unspecified atom stereocenters. The van der Waals surface area contributed by atoms with Gasteiger partial charge in [0.2, 0.25) is 6.86 Å². The molecule has 1 aromatic carbocycles. The number of halogens is 1. The number of ether oxygens (including phenoxy) is 1. The van der Waals surface area contributed by atoms with Gasteiger partial charge in [0, 0.05) is 5.56 Å². The maximum absolute atomic E-state index is 12.0. The third-order valence-electron chi connectivity index (χ3n) is 1.88. The van der Waals surface area contributed by atoms with E-state index in [1.807, 2.05) is 24.3 Å². The molecule has 14 heavy (non-hydrogen) atoms. The Bertz CT molecular complexity index is 294. The van der Waals surface area contributed by atoms with Crippen molar-refractivity contribution in [2.24, 2.45) is 0 Å². The molecule has 76 valence electrons. The third-order valence-corrected chi connectivity index (χ3v) is 1.88. The summed E-state index contributed by atoms with van der Waals surface area (Å²) in [6.45, 7) is 1.34. The predicted molar refractivity (Wildman–Crippen MR) is 57.0 cm³/mol. The highest BCUT2D eigenvalue weighted by molar-refractivity contribution is 5.56. The van der Waals surface area contributed by atoms with Gasteiger partial charge in [0.1, 0.15) is 5.75 Å². The van der Waals surface area contributed by atoms with Gasteiger partial charge in [-0.2, -0.15) is 0 Å². The first-order valence-corrected chi connectivity index (χ1v) is 4.82. The van der Waals surface area contributed by atoms with Crippen LogP contribution in [-0.2, 0) is 0 Å². The molecule has 2 heteroatoms. The van der Waals surface area contributed by atoms with Crippen LogP contribution >= 0.6 is 0 Å². The second-order valence-electron chi connectivity index (χ2n) is 2.98. The smallest absolute Gasteiger partial charge is 0.228 e. The van der Waals surface area contributed by atoms with E-state index >= 15 is 0 Å². The maximum atomic E-state index is 12.0. The molecular weight excluding hydrogens is 179 g/mol. The van der Waals surface area contributed by atoms with Crippen molar-refractivity contribution in [1.29, 1.82) is 0 Å². The van der Waals surface area contributed by atoms with Gasteiger partial charge < -0.3 is 4.74 Å².